The van der Waals surface area contributed by atoms with Crippen molar-refractivity contribution in [2.24, 2.45) is 5.73 Å². The minimum absolute atomic E-state index is 0.120. The third-order valence-electron chi connectivity index (χ3n) is 4.11. The molecule has 2 N–H and O–H groups in total. The quantitative estimate of drug-likeness (QED) is 0.916. The first kappa shape index (κ1) is 17.7. The maximum Gasteiger partial charge on any atom is 0.253 e. The van der Waals surface area contributed by atoms with Crippen molar-refractivity contribution in [2.45, 2.75) is 26.3 Å². The van der Waals surface area contributed by atoms with Crippen LogP contribution in [0.3, 0.4) is 0 Å². The van der Waals surface area contributed by atoms with Crippen molar-refractivity contribution >= 4 is 11.8 Å². The third kappa shape index (κ3) is 3.98. The van der Waals surface area contributed by atoms with Gasteiger partial charge in [-0.3, -0.25) is 9.59 Å². The lowest BCUT2D eigenvalue weighted by atomic mass is 9.99. The van der Waals surface area contributed by atoms with Crippen molar-refractivity contribution in [1.29, 1.82) is 0 Å². The highest BCUT2D eigenvalue weighted by atomic mass is 19.1. The molecule has 0 aliphatic heterocycles. The molecule has 0 bridgehead atoms. The second kappa shape index (κ2) is 7.25. The van der Waals surface area contributed by atoms with E-state index < -0.39 is 5.91 Å². The average molecular weight is 328 g/mol. The number of primary amides is 1. The Labute approximate surface area is 141 Å². The van der Waals surface area contributed by atoms with Crippen molar-refractivity contribution in [2.75, 3.05) is 7.05 Å². The Morgan fingerprint density at radius 2 is 1.79 bits per heavy atom. The monoisotopic (exact) mass is 328 g/mol. The molecular weight excluding hydrogens is 307 g/mol. The van der Waals surface area contributed by atoms with Crippen LogP contribution in [0, 0.1) is 12.7 Å². The van der Waals surface area contributed by atoms with Gasteiger partial charge in [0.15, 0.2) is 0 Å². The standard InChI is InChI=1S/C19H21FN2O2/c1-12-10-16(20)8-9-17(12)14-4-6-15(7-5-14)19(24)22(3)13(2)11-18(21)23/h4-10,13H,11H2,1-3H3,(H2,21,23)/t13-/m0/s1. The first-order chi connectivity index (χ1) is 11.3. The number of nitrogens with two attached hydrogens (primary N) is 1. The van der Waals surface area contributed by atoms with E-state index in [1.807, 2.05) is 19.1 Å². The zero-order valence-corrected chi connectivity index (χ0v) is 14.0. The molecular formula is C19H21FN2O2. The minimum Gasteiger partial charge on any atom is -0.370 e. The zero-order chi connectivity index (χ0) is 17.9. The lowest BCUT2D eigenvalue weighted by molar-refractivity contribution is -0.118. The van der Waals surface area contributed by atoms with Gasteiger partial charge in [-0.05, 0) is 54.8 Å². The molecule has 126 valence electrons. The van der Waals surface area contributed by atoms with Gasteiger partial charge in [0, 0.05) is 25.1 Å². The van der Waals surface area contributed by atoms with Gasteiger partial charge in [-0.15, -0.1) is 0 Å². The molecule has 2 rings (SSSR count). The molecule has 4 nitrogen and oxygen atoms in total. The summed E-state index contributed by atoms with van der Waals surface area (Å²) in [5, 5.41) is 0. The fraction of sp³-hybridized carbons (Fsp3) is 0.263. The molecule has 2 amide bonds. The molecule has 2 aromatic carbocycles. The Morgan fingerprint density at radius 1 is 1.17 bits per heavy atom. The number of hydrogen-bond donors (Lipinski definition) is 1. The normalized spacial score (nSPS) is 11.8. The Bertz CT molecular complexity index is 756. The molecule has 24 heavy (non-hydrogen) atoms. The van der Waals surface area contributed by atoms with E-state index in [0.29, 0.717) is 5.56 Å². The molecule has 0 saturated heterocycles. The maximum absolute atomic E-state index is 13.2. The van der Waals surface area contributed by atoms with Gasteiger partial charge in [-0.25, -0.2) is 4.39 Å². The Kier molecular flexibility index (Phi) is 5.34. The highest BCUT2D eigenvalue weighted by Gasteiger charge is 2.19. The highest BCUT2D eigenvalue weighted by Crippen LogP contribution is 2.24. The van der Waals surface area contributed by atoms with Crippen molar-refractivity contribution < 1.29 is 14.0 Å². The van der Waals surface area contributed by atoms with Crippen molar-refractivity contribution in [3.8, 4) is 11.1 Å². The SMILES string of the molecule is Cc1cc(F)ccc1-c1ccc(C(=O)N(C)[C@@H](C)CC(N)=O)cc1. The first-order valence-electron chi connectivity index (χ1n) is 7.71. The molecule has 0 spiro atoms. The smallest absolute Gasteiger partial charge is 0.253 e. The van der Waals surface area contributed by atoms with Crippen molar-refractivity contribution in [3.63, 3.8) is 0 Å². The average Bonchev–Trinajstić information content (AvgIpc) is 2.53. The molecule has 0 aromatic heterocycles. The first-order valence-corrected chi connectivity index (χ1v) is 7.71. The molecule has 0 saturated carbocycles. The Morgan fingerprint density at radius 3 is 2.33 bits per heavy atom. The fourth-order valence-electron chi connectivity index (χ4n) is 2.58. The lowest BCUT2D eigenvalue weighted by Gasteiger charge is -2.24. The number of halogens is 1. The second-order valence-corrected chi connectivity index (χ2v) is 5.97. The fourth-order valence-corrected chi connectivity index (χ4v) is 2.58. The van der Waals surface area contributed by atoms with Crippen LogP contribution in [0.2, 0.25) is 0 Å². The van der Waals surface area contributed by atoms with Crippen molar-refractivity contribution in [3.05, 3.63) is 59.4 Å². The van der Waals surface area contributed by atoms with Crippen LogP contribution in [0.15, 0.2) is 42.5 Å². The van der Waals surface area contributed by atoms with Crippen LogP contribution in [0.25, 0.3) is 11.1 Å². The van der Waals surface area contributed by atoms with Gasteiger partial charge in [0.2, 0.25) is 5.91 Å². The van der Waals surface area contributed by atoms with E-state index in [2.05, 4.69) is 0 Å². The number of nitrogens with zero attached hydrogens (tertiary/aromatic N) is 1. The molecule has 0 radical (unpaired) electrons. The molecule has 5 heteroatoms. The number of benzene rings is 2. The number of aryl methyl sites for hydroxylation is 1. The minimum atomic E-state index is -0.440. The zero-order valence-electron chi connectivity index (χ0n) is 14.0. The molecule has 0 unspecified atom stereocenters. The number of hydrogen-bond acceptors (Lipinski definition) is 2. The molecule has 1 atom stereocenters. The summed E-state index contributed by atoms with van der Waals surface area (Å²) in [7, 11) is 1.65. The summed E-state index contributed by atoms with van der Waals surface area (Å²) in [5.74, 6) is -0.886. The third-order valence-corrected chi connectivity index (χ3v) is 4.11. The van der Waals surface area contributed by atoms with Crippen LogP contribution < -0.4 is 5.73 Å². The van der Waals surface area contributed by atoms with Crippen LogP contribution in [-0.2, 0) is 4.79 Å². The van der Waals surface area contributed by atoms with Crippen molar-refractivity contribution in [1.82, 2.24) is 4.90 Å². The molecule has 0 aliphatic carbocycles. The lowest BCUT2D eigenvalue weighted by Crippen LogP contribution is -2.37. The van der Waals surface area contributed by atoms with E-state index in [9.17, 15) is 14.0 Å². The topological polar surface area (TPSA) is 63.4 Å². The number of carbonyl (C=O) groups excluding carboxylic acids is 2. The maximum atomic E-state index is 13.2. The summed E-state index contributed by atoms with van der Waals surface area (Å²) in [6.07, 6.45) is 0.120. The molecule has 0 heterocycles. The summed E-state index contributed by atoms with van der Waals surface area (Å²) >= 11 is 0. The highest BCUT2D eigenvalue weighted by molar-refractivity contribution is 5.95. The molecule has 0 aliphatic rings. The van der Waals surface area contributed by atoms with E-state index in [1.54, 1.807) is 32.2 Å². The van der Waals surface area contributed by atoms with Crippen LogP contribution in [-0.4, -0.2) is 29.8 Å². The summed E-state index contributed by atoms with van der Waals surface area (Å²) in [5.41, 5.74) is 8.37. The van der Waals surface area contributed by atoms with Gasteiger partial charge in [0.05, 0.1) is 0 Å². The van der Waals surface area contributed by atoms with Gasteiger partial charge in [0.1, 0.15) is 5.82 Å². The Balaban J connectivity index is 2.19. The van der Waals surface area contributed by atoms with E-state index in [-0.39, 0.29) is 24.2 Å². The summed E-state index contributed by atoms with van der Waals surface area (Å²) in [6.45, 7) is 3.62. The van der Waals surface area contributed by atoms with E-state index in [4.69, 9.17) is 5.73 Å². The number of amides is 2. The number of carbonyl (C=O) groups is 2. The van der Waals surface area contributed by atoms with Crippen LogP contribution in [0.4, 0.5) is 4.39 Å². The predicted octanol–water partition coefficient (Wildman–Crippen LogP) is 3.14. The summed E-state index contributed by atoms with van der Waals surface area (Å²) < 4.78 is 13.2. The van der Waals surface area contributed by atoms with Gasteiger partial charge < -0.3 is 10.6 Å². The predicted molar refractivity (Wildman–Crippen MR) is 91.9 cm³/mol. The van der Waals surface area contributed by atoms with E-state index in [0.717, 1.165) is 16.7 Å². The largest absolute Gasteiger partial charge is 0.370 e. The molecule has 0 fully saturated rings. The van der Waals surface area contributed by atoms with Crippen LogP contribution in [0.1, 0.15) is 29.3 Å². The van der Waals surface area contributed by atoms with E-state index >= 15 is 0 Å². The summed E-state index contributed by atoms with van der Waals surface area (Å²) in [6, 6.07) is 11.5. The second-order valence-electron chi connectivity index (χ2n) is 5.97. The number of rotatable bonds is 5. The van der Waals surface area contributed by atoms with Crippen LogP contribution in [0.5, 0.6) is 0 Å². The Hall–Kier alpha value is -2.69. The van der Waals surface area contributed by atoms with Gasteiger partial charge in [-0.1, -0.05) is 18.2 Å². The van der Waals surface area contributed by atoms with Crippen LogP contribution >= 0.6 is 0 Å². The van der Waals surface area contributed by atoms with Gasteiger partial charge in [-0.2, -0.15) is 0 Å². The van der Waals surface area contributed by atoms with Gasteiger partial charge >= 0.3 is 0 Å². The molecule has 2 aromatic rings. The van der Waals surface area contributed by atoms with E-state index in [1.165, 1.54) is 17.0 Å². The summed E-state index contributed by atoms with van der Waals surface area (Å²) in [4.78, 5) is 24.9. The van der Waals surface area contributed by atoms with Gasteiger partial charge in [0.25, 0.3) is 5.91 Å².